The van der Waals surface area contributed by atoms with Crippen LogP contribution in [0.1, 0.15) is 55.5 Å². The number of carbonyl (C=O) groups excluding carboxylic acids is 3. The summed E-state index contributed by atoms with van der Waals surface area (Å²) in [6.07, 6.45) is 2.76. The number of likely N-dealkylation sites (tertiary alicyclic amines) is 1. The number of rotatable bonds is 7. The number of amides is 3. The third-order valence-electron chi connectivity index (χ3n) is 5.10. The molecule has 0 radical (unpaired) electrons. The third kappa shape index (κ3) is 5.81. The van der Waals surface area contributed by atoms with E-state index in [1.54, 1.807) is 12.1 Å². The van der Waals surface area contributed by atoms with Crippen LogP contribution in [0.2, 0.25) is 0 Å². The molecule has 1 aliphatic rings. The Bertz CT molecular complexity index is 649. The SMILES string of the molecule is CCCNC(=O)[C@H](NC(=O)c1ccc(C)cc1)C1CCN(C(=O)CC)CC1. The summed E-state index contributed by atoms with van der Waals surface area (Å²) in [5.41, 5.74) is 1.63. The van der Waals surface area contributed by atoms with E-state index < -0.39 is 6.04 Å². The Hall–Kier alpha value is -2.37. The highest BCUT2D eigenvalue weighted by molar-refractivity contribution is 5.97. The highest BCUT2D eigenvalue weighted by Gasteiger charge is 2.33. The first kappa shape index (κ1) is 20.9. The van der Waals surface area contributed by atoms with Gasteiger partial charge in [-0.15, -0.1) is 0 Å². The van der Waals surface area contributed by atoms with Gasteiger partial charge in [-0.3, -0.25) is 14.4 Å². The predicted octanol–water partition coefficient (Wildman–Crippen LogP) is 2.27. The van der Waals surface area contributed by atoms with Crippen molar-refractivity contribution in [3.8, 4) is 0 Å². The molecule has 0 spiro atoms. The van der Waals surface area contributed by atoms with Gasteiger partial charge in [-0.1, -0.05) is 31.5 Å². The number of carbonyl (C=O) groups is 3. The van der Waals surface area contributed by atoms with Crippen LogP contribution in [0, 0.1) is 12.8 Å². The quantitative estimate of drug-likeness (QED) is 0.770. The van der Waals surface area contributed by atoms with Gasteiger partial charge in [0.25, 0.3) is 5.91 Å². The van der Waals surface area contributed by atoms with Crippen molar-refractivity contribution in [3.63, 3.8) is 0 Å². The summed E-state index contributed by atoms with van der Waals surface area (Å²) in [6, 6.07) is 6.73. The number of piperidine rings is 1. The predicted molar refractivity (Wildman–Crippen MR) is 105 cm³/mol. The summed E-state index contributed by atoms with van der Waals surface area (Å²) in [5, 5.41) is 5.84. The van der Waals surface area contributed by atoms with Crippen molar-refractivity contribution in [1.29, 1.82) is 0 Å². The molecule has 0 aliphatic carbocycles. The Morgan fingerprint density at radius 3 is 2.30 bits per heavy atom. The van der Waals surface area contributed by atoms with Crippen LogP contribution in [-0.2, 0) is 9.59 Å². The zero-order valence-corrected chi connectivity index (χ0v) is 16.6. The van der Waals surface area contributed by atoms with Crippen LogP contribution >= 0.6 is 0 Å². The minimum absolute atomic E-state index is 0.0251. The van der Waals surface area contributed by atoms with Crippen LogP contribution in [0.3, 0.4) is 0 Å². The van der Waals surface area contributed by atoms with E-state index in [0.29, 0.717) is 44.5 Å². The molecule has 148 valence electrons. The molecular weight excluding hydrogens is 342 g/mol. The molecule has 0 unspecified atom stereocenters. The van der Waals surface area contributed by atoms with E-state index in [1.807, 2.05) is 37.8 Å². The van der Waals surface area contributed by atoms with Gasteiger partial charge in [0.2, 0.25) is 11.8 Å². The number of nitrogens with zero attached hydrogens (tertiary/aromatic N) is 1. The Kier molecular flexibility index (Phi) is 7.82. The standard InChI is InChI=1S/C21H31N3O3/c1-4-12-22-21(27)19(16-10-13-24(14-11-16)18(25)5-2)23-20(26)17-8-6-15(3)7-9-17/h6-9,16,19H,4-5,10-14H2,1-3H3,(H,22,27)(H,23,26)/t19-/m1/s1. The van der Waals surface area contributed by atoms with Crippen molar-refractivity contribution in [3.05, 3.63) is 35.4 Å². The first-order chi connectivity index (χ1) is 13.0. The molecule has 1 aromatic carbocycles. The van der Waals surface area contributed by atoms with Gasteiger partial charge in [-0.2, -0.15) is 0 Å². The fraction of sp³-hybridized carbons (Fsp3) is 0.571. The largest absolute Gasteiger partial charge is 0.354 e. The molecule has 1 fully saturated rings. The zero-order valence-electron chi connectivity index (χ0n) is 16.6. The molecule has 27 heavy (non-hydrogen) atoms. The Labute approximate surface area is 161 Å². The summed E-state index contributed by atoms with van der Waals surface area (Å²) in [6.45, 7) is 7.67. The van der Waals surface area contributed by atoms with Gasteiger partial charge in [-0.05, 0) is 44.2 Å². The minimum atomic E-state index is -0.579. The van der Waals surface area contributed by atoms with Gasteiger partial charge in [0.05, 0.1) is 0 Å². The lowest BCUT2D eigenvalue weighted by Gasteiger charge is -2.35. The smallest absolute Gasteiger partial charge is 0.251 e. The second-order valence-corrected chi connectivity index (χ2v) is 7.18. The number of aryl methyl sites for hydroxylation is 1. The lowest BCUT2D eigenvalue weighted by Crippen LogP contribution is -2.53. The highest BCUT2D eigenvalue weighted by atomic mass is 16.2. The molecule has 1 saturated heterocycles. The second-order valence-electron chi connectivity index (χ2n) is 7.18. The first-order valence-corrected chi connectivity index (χ1v) is 9.89. The fourth-order valence-corrected chi connectivity index (χ4v) is 3.39. The van der Waals surface area contributed by atoms with Crippen molar-refractivity contribution >= 4 is 17.7 Å². The van der Waals surface area contributed by atoms with Crippen molar-refractivity contribution in [2.24, 2.45) is 5.92 Å². The van der Waals surface area contributed by atoms with E-state index in [1.165, 1.54) is 0 Å². The van der Waals surface area contributed by atoms with Crippen molar-refractivity contribution in [1.82, 2.24) is 15.5 Å². The molecule has 1 atom stereocenters. The van der Waals surface area contributed by atoms with E-state index in [0.717, 1.165) is 12.0 Å². The molecule has 2 N–H and O–H groups in total. The van der Waals surface area contributed by atoms with Gasteiger partial charge >= 0.3 is 0 Å². The molecule has 1 aromatic rings. The second kappa shape index (κ2) is 10.1. The first-order valence-electron chi connectivity index (χ1n) is 9.89. The number of nitrogens with one attached hydrogen (secondary N) is 2. The monoisotopic (exact) mass is 373 g/mol. The van der Waals surface area contributed by atoms with Gasteiger partial charge < -0.3 is 15.5 Å². The van der Waals surface area contributed by atoms with Crippen molar-refractivity contribution < 1.29 is 14.4 Å². The normalized spacial score (nSPS) is 15.9. The summed E-state index contributed by atoms with van der Waals surface area (Å²) in [5.74, 6) is -0.211. The minimum Gasteiger partial charge on any atom is -0.354 e. The average molecular weight is 373 g/mol. The summed E-state index contributed by atoms with van der Waals surface area (Å²) in [4.78, 5) is 39.1. The van der Waals surface area contributed by atoms with E-state index in [9.17, 15) is 14.4 Å². The van der Waals surface area contributed by atoms with E-state index in [2.05, 4.69) is 10.6 Å². The van der Waals surface area contributed by atoms with Crippen LogP contribution in [0.25, 0.3) is 0 Å². The molecule has 2 rings (SSSR count). The van der Waals surface area contributed by atoms with Crippen molar-refractivity contribution in [2.45, 2.75) is 52.5 Å². The number of hydrogen-bond donors (Lipinski definition) is 2. The molecule has 6 nitrogen and oxygen atoms in total. The topological polar surface area (TPSA) is 78.5 Å². The van der Waals surface area contributed by atoms with Crippen molar-refractivity contribution in [2.75, 3.05) is 19.6 Å². The van der Waals surface area contributed by atoms with Crippen LogP contribution in [0.4, 0.5) is 0 Å². The van der Waals surface area contributed by atoms with Crippen LogP contribution < -0.4 is 10.6 Å². The number of hydrogen-bond acceptors (Lipinski definition) is 3. The Morgan fingerprint density at radius 2 is 1.74 bits per heavy atom. The van der Waals surface area contributed by atoms with Gasteiger partial charge in [0.15, 0.2) is 0 Å². The Morgan fingerprint density at radius 1 is 1.11 bits per heavy atom. The maximum Gasteiger partial charge on any atom is 0.251 e. The maximum absolute atomic E-state index is 12.7. The molecule has 1 heterocycles. The van der Waals surface area contributed by atoms with E-state index >= 15 is 0 Å². The van der Waals surface area contributed by atoms with Crippen LogP contribution in [0.15, 0.2) is 24.3 Å². The Balaban J connectivity index is 2.07. The molecule has 3 amide bonds. The molecule has 0 aromatic heterocycles. The molecule has 1 aliphatic heterocycles. The van der Waals surface area contributed by atoms with Gasteiger partial charge in [0.1, 0.15) is 6.04 Å². The van der Waals surface area contributed by atoms with E-state index in [-0.39, 0.29) is 23.6 Å². The van der Waals surface area contributed by atoms with Crippen LogP contribution in [0.5, 0.6) is 0 Å². The molecule has 6 heteroatoms. The number of benzene rings is 1. The average Bonchev–Trinajstić information content (AvgIpc) is 2.70. The van der Waals surface area contributed by atoms with Gasteiger partial charge in [0, 0.05) is 31.6 Å². The zero-order chi connectivity index (χ0) is 19.8. The van der Waals surface area contributed by atoms with Gasteiger partial charge in [-0.25, -0.2) is 0 Å². The summed E-state index contributed by atoms with van der Waals surface area (Å²) in [7, 11) is 0. The van der Waals surface area contributed by atoms with E-state index in [4.69, 9.17) is 0 Å². The molecule has 0 bridgehead atoms. The maximum atomic E-state index is 12.7. The van der Waals surface area contributed by atoms with Crippen LogP contribution in [-0.4, -0.2) is 48.3 Å². The molecular formula is C21H31N3O3. The summed E-state index contributed by atoms with van der Waals surface area (Å²) >= 11 is 0. The lowest BCUT2D eigenvalue weighted by molar-refractivity contribution is -0.132. The highest BCUT2D eigenvalue weighted by Crippen LogP contribution is 2.22. The summed E-state index contributed by atoms with van der Waals surface area (Å²) < 4.78 is 0. The third-order valence-corrected chi connectivity index (χ3v) is 5.10. The fourth-order valence-electron chi connectivity index (χ4n) is 3.39. The lowest BCUT2D eigenvalue weighted by atomic mass is 9.88. The molecule has 0 saturated carbocycles.